The molecule has 2 fully saturated rings. The van der Waals surface area contributed by atoms with E-state index in [1.807, 2.05) is 6.20 Å². The first kappa shape index (κ1) is 15.3. The summed E-state index contributed by atoms with van der Waals surface area (Å²) in [5.74, 6) is 1.16. The number of rotatable bonds is 5. The molecular formula is C16H25BrN4. The first-order valence-electron chi connectivity index (χ1n) is 8.00. The zero-order valence-electron chi connectivity index (χ0n) is 13.0. The van der Waals surface area contributed by atoms with Gasteiger partial charge in [0.1, 0.15) is 5.82 Å². The quantitative estimate of drug-likeness (QED) is 0.882. The zero-order chi connectivity index (χ0) is 14.8. The normalized spacial score (nSPS) is 23.6. The minimum absolute atomic E-state index is 0.633. The molecule has 1 saturated heterocycles. The smallest absolute Gasteiger partial charge is 0.133 e. The first-order valence-corrected chi connectivity index (χ1v) is 8.79. The predicted octanol–water partition coefficient (Wildman–Crippen LogP) is 2.63. The molecule has 2 aliphatic rings. The minimum Gasteiger partial charge on any atom is -0.353 e. The molecule has 0 amide bonds. The molecule has 2 heterocycles. The van der Waals surface area contributed by atoms with Crippen LogP contribution in [0.15, 0.2) is 16.7 Å². The molecule has 1 N–H and O–H groups in total. The summed E-state index contributed by atoms with van der Waals surface area (Å²) in [6, 6.07) is 3.58. The molecule has 0 aromatic carbocycles. The van der Waals surface area contributed by atoms with Crippen molar-refractivity contribution in [3.05, 3.63) is 22.3 Å². The molecule has 1 unspecified atom stereocenters. The van der Waals surface area contributed by atoms with Crippen LogP contribution in [0.1, 0.15) is 31.7 Å². The number of nitrogens with zero attached hydrogens (tertiary/aromatic N) is 3. The van der Waals surface area contributed by atoms with Gasteiger partial charge < -0.3 is 10.2 Å². The second-order valence-corrected chi connectivity index (χ2v) is 7.20. The highest BCUT2D eigenvalue weighted by Gasteiger charge is 2.26. The summed E-state index contributed by atoms with van der Waals surface area (Å²) in [5.41, 5.74) is 1.32. The second kappa shape index (κ2) is 6.63. The summed E-state index contributed by atoms with van der Waals surface area (Å²) < 4.78 is 1.07. The lowest BCUT2D eigenvalue weighted by Crippen LogP contribution is -2.51. The fourth-order valence-electron chi connectivity index (χ4n) is 3.01. The highest BCUT2D eigenvalue weighted by atomic mass is 79.9. The molecule has 4 nitrogen and oxygen atoms in total. The van der Waals surface area contributed by atoms with Gasteiger partial charge in [-0.2, -0.15) is 0 Å². The average molecular weight is 353 g/mol. The Morgan fingerprint density at radius 1 is 1.38 bits per heavy atom. The van der Waals surface area contributed by atoms with Gasteiger partial charge in [0, 0.05) is 54.5 Å². The van der Waals surface area contributed by atoms with Crippen molar-refractivity contribution >= 4 is 21.7 Å². The summed E-state index contributed by atoms with van der Waals surface area (Å²) in [5, 5.41) is 3.62. The van der Waals surface area contributed by atoms with Crippen LogP contribution in [-0.2, 0) is 6.54 Å². The minimum atomic E-state index is 0.633. The van der Waals surface area contributed by atoms with E-state index in [0.29, 0.717) is 6.04 Å². The van der Waals surface area contributed by atoms with Crippen LogP contribution in [0.4, 0.5) is 5.82 Å². The van der Waals surface area contributed by atoms with Gasteiger partial charge >= 0.3 is 0 Å². The van der Waals surface area contributed by atoms with Gasteiger partial charge in [-0.1, -0.05) is 6.92 Å². The SMILES string of the molecule is CCC1CN(c2ncc(Br)cc2CNC2CC2)CCN1C. The van der Waals surface area contributed by atoms with Crippen LogP contribution < -0.4 is 10.2 Å². The van der Waals surface area contributed by atoms with Gasteiger partial charge in [0.05, 0.1) is 0 Å². The van der Waals surface area contributed by atoms with Crippen LogP contribution in [0.5, 0.6) is 0 Å². The zero-order valence-corrected chi connectivity index (χ0v) is 14.6. The summed E-state index contributed by atoms with van der Waals surface area (Å²) >= 11 is 3.56. The Bertz CT molecular complexity index is 489. The maximum absolute atomic E-state index is 4.71. The standard InChI is InChI=1S/C16H25BrN4/c1-3-15-11-21(7-6-20(15)2)16-12(8-13(17)10-19-16)9-18-14-4-5-14/h8,10,14-15,18H,3-7,9,11H2,1-2H3. The fourth-order valence-corrected chi connectivity index (χ4v) is 3.39. The van der Waals surface area contributed by atoms with Gasteiger partial charge in [-0.05, 0) is 48.3 Å². The lowest BCUT2D eigenvalue weighted by molar-refractivity contribution is 0.212. The molecule has 5 heteroatoms. The van der Waals surface area contributed by atoms with Crippen molar-refractivity contribution in [1.82, 2.24) is 15.2 Å². The van der Waals surface area contributed by atoms with E-state index >= 15 is 0 Å². The highest BCUT2D eigenvalue weighted by molar-refractivity contribution is 9.10. The first-order chi connectivity index (χ1) is 10.2. The molecule has 1 atom stereocenters. The molecule has 1 aliphatic carbocycles. The van der Waals surface area contributed by atoms with Gasteiger partial charge in [-0.3, -0.25) is 4.90 Å². The summed E-state index contributed by atoms with van der Waals surface area (Å²) in [6.07, 6.45) is 5.76. The van der Waals surface area contributed by atoms with Gasteiger partial charge in [-0.15, -0.1) is 0 Å². The van der Waals surface area contributed by atoms with Crippen molar-refractivity contribution in [3.8, 4) is 0 Å². The lowest BCUT2D eigenvalue weighted by Gasteiger charge is -2.40. The topological polar surface area (TPSA) is 31.4 Å². The molecule has 1 aliphatic heterocycles. The van der Waals surface area contributed by atoms with Crippen LogP contribution >= 0.6 is 15.9 Å². The Kier molecular flexibility index (Phi) is 4.82. The molecule has 1 saturated carbocycles. The molecule has 0 bridgehead atoms. The fraction of sp³-hybridized carbons (Fsp3) is 0.688. The van der Waals surface area contributed by atoms with Gasteiger partial charge in [0.2, 0.25) is 0 Å². The Morgan fingerprint density at radius 3 is 2.90 bits per heavy atom. The van der Waals surface area contributed by atoms with E-state index in [-0.39, 0.29) is 0 Å². The van der Waals surface area contributed by atoms with Crippen molar-refractivity contribution in [2.75, 3.05) is 31.6 Å². The van der Waals surface area contributed by atoms with Crippen LogP contribution in [0.3, 0.4) is 0 Å². The summed E-state index contributed by atoms with van der Waals surface area (Å²) in [6.45, 7) is 6.46. The van der Waals surface area contributed by atoms with Crippen LogP contribution in [0.2, 0.25) is 0 Å². The number of likely N-dealkylation sites (N-methyl/N-ethyl adjacent to an activating group) is 1. The Balaban J connectivity index is 1.76. The summed E-state index contributed by atoms with van der Waals surface area (Å²) in [7, 11) is 2.23. The maximum atomic E-state index is 4.71. The number of piperazine rings is 1. The van der Waals surface area contributed by atoms with Gasteiger partial charge in [0.15, 0.2) is 0 Å². The molecular weight excluding hydrogens is 328 g/mol. The van der Waals surface area contributed by atoms with E-state index in [1.165, 1.54) is 24.8 Å². The van der Waals surface area contributed by atoms with Crippen molar-refractivity contribution < 1.29 is 0 Å². The van der Waals surface area contributed by atoms with E-state index in [0.717, 1.165) is 42.5 Å². The highest BCUT2D eigenvalue weighted by Crippen LogP contribution is 2.26. The Morgan fingerprint density at radius 2 is 2.19 bits per heavy atom. The molecule has 0 spiro atoms. The van der Waals surface area contributed by atoms with E-state index in [9.17, 15) is 0 Å². The van der Waals surface area contributed by atoms with E-state index < -0.39 is 0 Å². The molecule has 1 aromatic rings. The second-order valence-electron chi connectivity index (χ2n) is 6.28. The number of hydrogen-bond acceptors (Lipinski definition) is 4. The van der Waals surface area contributed by atoms with Crippen molar-refractivity contribution in [1.29, 1.82) is 0 Å². The van der Waals surface area contributed by atoms with Gasteiger partial charge in [-0.25, -0.2) is 4.98 Å². The monoisotopic (exact) mass is 352 g/mol. The molecule has 21 heavy (non-hydrogen) atoms. The molecule has 1 aromatic heterocycles. The molecule has 0 radical (unpaired) electrons. The summed E-state index contributed by atoms with van der Waals surface area (Å²) in [4.78, 5) is 9.65. The number of anilines is 1. The third-order valence-corrected chi connectivity index (χ3v) is 5.05. The number of aromatic nitrogens is 1. The van der Waals surface area contributed by atoms with Gasteiger partial charge in [0.25, 0.3) is 0 Å². The predicted molar refractivity (Wildman–Crippen MR) is 90.7 cm³/mol. The van der Waals surface area contributed by atoms with Crippen LogP contribution in [-0.4, -0.2) is 48.6 Å². The van der Waals surface area contributed by atoms with Crippen molar-refractivity contribution in [2.24, 2.45) is 0 Å². The Labute approximate surface area is 136 Å². The average Bonchev–Trinajstić information content (AvgIpc) is 3.30. The number of halogens is 1. The van der Waals surface area contributed by atoms with Crippen molar-refractivity contribution in [2.45, 2.75) is 44.8 Å². The van der Waals surface area contributed by atoms with E-state index in [2.05, 4.69) is 51.1 Å². The largest absolute Gasteiger partial charge is 0.353 e. The molecule has 3 rings (SSSR count). The third kappa shape index (κ3) is 3.76. The van der Waals surface area contributed by atoms with E-state index in [4.69, 9.17) is 4.98 Å². The number of nitrogens with one attached hydrogen (secondary N) is 1. The van der Waals surface area contributed by atoms with E-state index in [1.54, 1.807) is 0 Å². The van der Waals surface area contributed by atoms with Crippen LogP contribution in [0.25, 0.3) is 0 Å². The lowest BCUT2D eigenvalue weighted by atomic mass is 10.1. The third-order valence-electron chi connectivity index (χ3n) is 4.62. The molecule has 116 valence electrons. The number of hydrogen-bond donors (Lipinski definition) is 1. The van der Waals surface area contributed by atoms with Crippen LogP contribution in [0, 0.1) is 0 Å². The number of pyridine rings is 1. The Hall–Kier alpha value is -0.650. The maximum Gasteiger partial charge on any atom is 0.133 e. The van der Waals surface area contributed by atoms with Crippen molar-refractivity contribution in [3.63, 3.8) is 0 Å².